The molecule has 0 bridgehead atoms. The SMILES string of the molecule is CN1C(=O)C(Br)C=[N+](C)C1=O. The maximum absolute atomic E-state index is 11.1. The Hall–Kier alpha value is -0.710. The molecular formula is C6H8BrN2O2+. The molecule has 0 saturated heterocycles. The van der Waals surface area contributed by atoms with Gasteiger partial charge in [0.25, 0.3) is 0 Å². The third-order valence-electron chi connectivity index (χ3n) is 1.51. The van der Waals surface area contributed by atoms with Gasteiger partial charge in [-0.1, -0.05) is 15.9 Å². The molecule has 1 unspecified atom stereocenters. The number of urea groups is 1. The molecule has 1 heterocycles. The summed E-state index contributed by atoms with van der Waals surface area (Å²) in [6.07, 6.45) is 1.53. The van der Waals surface area contributed by atoms with Crippen LogP contribution in [0, 0.1) is 0 Å². The molecule has 1 atom stereocenters. The topological polar surface area (TPSA) is 40.4 Å². The molecule has 0 fully saturated rings. The van der Waals surface area contributed by atoms with E-state index in [-0.39, 0.29) is 16.8 Å². The molecule has 60 valence electrons. The number of imide groups is 1. The molecule has 1 aliphatic rings. The van der Waals surface area contributed by atoms with Crippen molar-refractivity contribution < 1.29 is 14.2 Å². The molecule has 0 N–H and O–H groups in total. The van der Waals surface area contributed by atoms with E-state index in [0.29, 0.717) is 0 Å². The third kappa shape index (κ3) is 1.33. The van der Waals surface area contributed by atoms with Gasteiger partial charge < -0.3 is 0 Å². The molecular weight excluding hydrogens is 212 g/mol. The van der Waals surface area contributed by atoms with Gasteiger partial charge in [0, 0.05) is 0 Å². The summed E-state index contributed by atoms with van der Waals surface area (Å²) in [7, 11) is 3.07. The molecule has 0 spiro atoms. The van der Waals surface area contributed by atoms with Crippen LogP contribution in [0.3, 0.4) is 0 Å². The number of carbonyl (C=O) groups excluding carboxylic acids is 2. The van der Waals surface area contributed by atoms with E-state index in [1.54, 1.807) is 7.05 Å². The largest absolute Gasteiger partial charge is 0.500 e. The second-order valence-electron chi connectivity index (χ2n) is 2.34. The highest BCUT2D eigenvalue weighted by Gasteiger charge is 2.37. The Bertz CT molecular complexity index is 249. The summed E-state index contributed by atoms with van der Waals surface area (Å²) in [6.45, 7) is 0. The van der Waals surface area contributed by atoms with Gasteiger partial charge in [-0.25, -0.2) is 9.37 Å². The molecule has 1 aliphatic heterocycles. The Morgan fingerprint density at radius 2 is 2.18 bits per heavy atom. The van der Waals surface area contributed by atoms with Gasteiger partial charge in [-0.3, -0.25) is 0 Å². The molecule has 0 saturated carbocycles. The first-order valence-corrected chi connectivity index (χ1v) is 3.99. The lowest BCUT2D eigenvalue weighted by Gasteiger charge is -2.14. The van der Waals surface area contributed by atoms with Crippen LogP contribution in [0.2, 0.25) is 0 Å². The highest BCUT2D eigenvalue weighted by Crippen LogP contribution is 2.06. The standard InChI is InChI=1S/C6H8BrN2O2/c1-8-3-4(7)5(10)9(2)6(8)11/h3-4H,1-2H3/q+1. The van der Waals surface area contributed by atoms with Crippen molar-refractivity contribution in [3.05, 3.63) is 0 Å². The lowest BCUT2D eigenvalue weighted by atomic mass is 10.3. The summed E-state index contributed by atoms with van der Waals surface area (Å²) in [5.41, 5.74) is 0. The average molecular weight is 220 g/mol. The summed E-state index contributed by atoms with van der Waals surface area (Å²) >= 11 is 3.12. The second-order valence-corrected chi connectivity index (χ2v) is 3.33. The van der Waals surface area contributed by atoms with Gasteiger partial charge in [0.15, 0.2) is 4.83 Å². The Labute approximate surface area is 72.6 Å². The van der Waals surface area contributed by atoms with Gasteiger partial charge >= 0.3 is 11.9 Å². The van der Waals surface area contributed by atoms with E-state index in [2.05, 4.69) is 15.9 Å². The lowest BCUT2D eigenvalue weighted by Crippen LogP contribution is -2.48. The zero-order valence-electron chi connectivity index (χ0n) is 6.24. The van der Waals surface area contributed by atoms with E-state index in [1.165, 1.54) is 17.8 Å². The quantitative estimate of drug-likeness (QED) is 0.427. The van der Waals surface area contributed by atoms with Crippen molar-refractivity contribution in [1.29, 1.82) is 0 Å². The molecule has 4 nitrogen and oxygen atoms in total. The van der Waals surface area contributed by atoms with Crippen LogP contribution >= 0.6 is 15.9 Å². The fraction of sp³-hybridized carbons (Fsp3) is 0.500. The fourth-order valence-electron chi connectivity index (χ4n) is 0.840. The van der Waals surface area contributed by atoms with Crippen LogP contribution in [0.15, 0.2) is 0 Å². The zero-order valence-corrected chi connectivity index (χ0v) is 7.83. The van der Waals surface area contributed by atoms with E-state index >= 15 is 0 Å². The minimum absolute atomic E-state index is 0.229. The molecule has 0 aromatic rings. The van der Waals surface area contributed by atoms with Crippen LogP contribution in [0.1, 0.15) is 0 Å². The van der Waals surface area contributed by atoms with E-state index in [9.17, 15) is 9.59 Å². The van der Waals surface area contributed by atoms with Gasteiger partial charge in [-0.15, -0.1) is 0 Å². The molecule has 5 heteroatoms. The van der Waals surface area contributed by atoms with Crippen molar-refractivity contribution in [3.8, 4) is 0 Å². The van der Waals surface area contributed by atoms with Crippen LogP contribution in [0.4, 0.5) is 4.79 Å². The highest BCUT2D eigenvalue weighted by molar-refractivity contribution is 9.10. The van der Waals surface area contributed by atoms with E-state index in [4.69, 9.17) is 0 Å². The first-order valence-electron chi connectivity index (χ1n) is 3.07. The minimum Gasteiger partial charge on any atom is -0.245 e. The molecule has 11 heavy (non-hydrogen) atoms. The normalized spacial score (nSPS) is 25.5. The second kappa shape index (κ2) is 2.73. The summed E-state index contributed by atoms with van der Waals surface area (Å²) in [4.78, 5) is 22.8. The van der Waals surface area contributed by atoms with Crippen molar-refractivity contribution in [3.63, 3.8) is 0 Å². The maximum atomic E-state index is 11.1. The predicted molar refractivity (Wildman–Crippen MR) is 43.1 cm³/mol. The number of nitrogens with zero attached hydrogens (tertiary/aromatic N) is 2. The van der Waals surface area contributed by atoms with E-state index < -0.39 is 0 Å². The van der Waals surface area contributed by atoms with Crippen molar-refractivity contribution in [2.75, 3.05) is 14.1 Å². The predicted octanol–water partition coefficient (Wildman–Crippen LogP) is 0.0550. The number of amides is 3. The van der Waals surface area contributed by atoms with Crippen molar-refractivity contribution in [1.82, 2.24) is 4.90 Å². The maximum Gasteiger partial charge on any atom is 0.500 e. The first-order chi connectivity index (χ1) is 5.04. The molecule has 0 aliphatic carbocycles. The Kier molecular flexibility index (Phi) is 2.08. The third-order valence-corrected chi connectivity index (χ3v) is 2.14. The van der Waals surface area contributed by atoms with Crippen molar-refractivity contribution in [2.24, 2.45) is 0 Å². The number of alkyl halides is 1. The summed E-state index contributed by atoms with van der Waals surface area (Å²) < 4.78 is 1.38. The van der Waals surface area contributed by atoms with Gasteiger partial charge in [0.1, 0.15) is 0 Å². The average Bonchev–Trinajstić information content (AvgIpc) is 1.97. The van der Waals surface area contributed by atoms with Gasteiger partial charge in [-0.2, -0.15) is 9.69 Å². The van der Waals surface area contributed by atoms with Crippen LogP contribution in [0.25, 0.3) is 0 Å². The lowest BCUT2D eigenvalue weighted by molar-refractivity contribution is -0.399. The number of rotatable bonds is 0. The van der Waals surface area contributed by atoms with Crippen LogP contribution in [0.5, 0.6) is 0 Å². The van der Waals surface area contributed by atoms with E-state index in [1.807, 2.05) is 0 Å². The van der Waals surface area contributed by atoms with Gasteiger partial charge in [0.05, 0.1) is 20.3 Å². The van der Waals surface area contributed by atoms with E-state index in [0.717, 1.165) is 4.90 Å². The number of hydrogen-bond acceptors (Lipinski definition) is 2. The molecule has 0 aromatic carbocycles. The molecule has 3 amide bonds. The molecule has 0 radical (unpaired) electrons. The smallest absolute Gasteiger partial charge is 0.245 e. The van der Waals surface area contributed by atoms with Crippen molar-refractivity contribution >= 4 is 34.1 Å². The van der Waals surface area contributed by atoms with Crippen LogP contribution in [-0.2, 0) is 4.79 Å². The van der Waals surface area contributed by atoms with Crippen molar-refractivity contribution in [2.45, 2.75) is 4.83 Å². The zero-order chi connectivity index (χ0) is 8.59. The summed E-state index contributed by atoms with van der Waals surface area (Å²) in [5.74, 6) is -0.229. The fourth-order valence-corrected chi connectivity index (χ4v) is 1.50. The monoisotopic (exact) mass is 219 g/mol. The molecule has 1 rings (SSSR count). The number of halogens is 1. The minimum atomic E-state index is -0.379. The van der Waals surface area contributed by atoms with Gasteiger partial charge in [0.2, 0.25) is 0 Å². The van der Waals surface area contributed by atoms with Crippen LogP contribution < -0.4 is 0 Å². The summed E-state index contributed by atoms with van der Waals surface area (Å²) in [5, 5.41) is 0. The Morgan fingerprint density at radius 1 is 1.64 bits per heavy atom. The van der Waals surface area contributed by atoms with Gasteiger partial charge in [-0.05, 0) is 0 Å². The number of carbonyl (C=O) groups is 2. The summed E-state index contributed by atoms with van der Waals surface area (Å²) in [6, 6.07) is -0.300. The number of hydrogen-bond donors (Lipinski definition) is 0. The Morgan fingerprint density at radius 3 is 2.73 bits per heavy atom. The first kappa shape index (κ1) is 8.39. The Balaban J connectivity index is 3.01. The highest BCUT2D eigenvalue weighted by atomic mass is 79.9. The van der Waals surface area contributed by atoms with Crippen LogP contribution in [-0.4, -0.2) is 46.6 Å². The molecule has 0 aromatic heterocycles.